The summed E-state index contributed by atoms with van der Waals surface area (Å²) in [6.07, 6.45) is 0. The summed E-state index contributed by atoms with van der Waals surface area (Å²) in [5.74, 6) is 2.76. The molecule has 18 aromatic carbocycles. The summed E-state index contributed by atoms with van der Waals surface area (Å²) in [6.45, 7) is 0. The smallest absolute Gasteiger partial charge is 0.238 e. The summed E-state index contributed by atoms with van der Waals surface area (Å²) in [5.41, 5.74) is 15.6. The van der Waals surface area contributed by atoms with Gasteiger partial charge in [0.05, 0.1) is 53.7 Å². The highest BCUT2D eigenvalue weighted by Crippen LogP contribution is 2.46. The number of fused-ring (bicyclic) bond motifs is 24. The molecule has 10 heterocycles. The van der Waals surface area contributed by atoms with Crippen LogP contribution in [0, 0.1) is 0 Å². The molecule has 28 aromatic rings. The van der Waals surface area contributed by atoms with Crippen molar-refractivity contribution in [3.63, 3.8) is 0 Å². The number of H-pyrrole nitrogens is 3. The summed E-state index contributed by atoms with van der Waals surface area (Å²) in [6, 6.07) is 106. The van der Waals surface area contributed by atoms with E-state index in [1.54, 1.807) is 31.8 Å². The minimum atomic E-state index is -0.426. The number of aromatic amines is 3. The molecule has 0 spiro atoms. The zero-order chi connectivity index (χ0) is 99.3. The fourth-order valence-corrected chi connectivity index (χ4v) is 20.7. The van der Waals surface area contributed by atoms with E-state index in [9.17, 15) is 0 Å². The Balaban J connectivity index is 0.000000107. The van der Waals surface area contributed by atoms with E-state index in [1.165, 1.54) is 69.2 Å². The van der Waals surface area contributed by atoms with Gasteiger partial charge in [-0.15, -0.1) is 22.7 Å². The summed E-state index contributed by atoms with van der Waals surface area (Å²) in [7, 11) is 0. The number of nitrogens with zero attached hydrogens (tertiary/aromatic N) is 9. The zero-order valence-corrected chi connectivity index (χ0v) is 72.2. The molecule has 3 N–H and O–H groups in total. The van der Waals surface area contributed by atoms with Gasteiger partial charge < -0.3 is 24.1 Å². The average molecular weight is 1800 g/mol. The van der Waals surface area contributed by atoms with Crippen molar-refractivity contribution >= 4 is 221 Å². The number of hydrogen-bond acceptors (Lipinski definition) is 8. The van der Waals surface area contributed by atoms with Crippen LogP contribution in [0.25, 0.3) is 234 Å². The first kappa shape index (κ1) is 63.0. The highest BCUT2D eigenvalue weighted by Gasteiger charge is 2.25. The van der Waals surface area contributed by atoms with E-state index in [0.717, 1.165) is 124 Å². The number of aromatic nitrogens is 12. The number of para-hydroxylation sites is 8. The van der Waals surface area contributed by atoms with Gasteiger partial charge in [0.2, 0.25) is 11.2 Å². The lowest BCUT2D eigenvalue weighted by Crippen LogP contribution is -2.06. The topological polar surface area (TPSA) is 140 Å². The van der Waals surface area contributed by atoms with Gasteiger partial charge in [0.1, 0.15) is 0 Å². The third-order valence-corrected chi connectivity index (χ3v) is 26.6. The van der Waals surface area contributed by atoms with Crippen molar-refractivity contribution in [1.82, 2.24) is 58.6 Å². The minimum Gasteiger partial charge on any atom is -0.354 e. The molecular formula is C114H72BrClN12S2. The van der Waals surface area contributed by atoms with Crippen molar-refractivity contribution in [2.75, 3.05) is 0 Å². The van der Waals surface area contributed by atoms with Gasteiger partial charge in [-0.05, 0) is 145 Å². The molecule has 0 aliphatic rings. The fraction of sp³-hybridized carbons (Fsp3) is 0. The van der Waals surface area contributed by atoms with Crippen molar-refractivity contribution in [1.29, 1.82) is 0 Å². The van der Waals surface area contributed by atoms with Crippen LogP contribution in [0.1, 0.15) is 20.6 Å². The van der Waals surface area contributed by atoms with Crippen molar-refractivity contribution < 1.29 is 20.6 Å². The molecule has 614 valence electrons. The Kier molecular flexibility index (Phi) is 15.9. The first-order valence-corrected chi connectivity index (χ1v) is 44.6. The molecule has 28 rings (SSSR count). The van der Waals surface area contributed by atoms with Gasteiger partial charge in [-0.25, -0.2) is 9.97 Å². The van der Waals surface area contributed by atoms with E-state index >= 15 is 0 Å². The SMILES string of the molecule is Clc1nc(-c2ccccc2)nc(-c2cccc3c2sc2ccccc23)n1.[2H]c1c([2H])c([2H])c(-n2c3ccccc3c3cc4[nH]c5ccccc5c4cc32)c([2H])c1[2H].[2H]c1c([2H])c([2H])c(-n2c3ccccc3c3cc4c(cc32)c2ccccc2n4-c2nc(-c3ccccc3)nc(-c3cccc4c3sc3ccccc34)n2)c([2H])c1[2H].[2H]c1c([2H])c([2H])c(Br)c([2H])c1[2H].c1ccc2c(c1)[nH]c1cc3c(cc12)[nH]c1ccccc13. The fourth-order valence-electron chi connectivity index (χ4n) is 17.9. The van der Waals surface area contributed by atoms with Crippen LogP contribution in [0.4, 0.5) is 0 Å². The van der Waals surface area contributed by atoms with E-state index in [0.29, 0.717) is 29.2 Å². The second-order valence-corrected chi connectivity index (χ2v) is 34.3. The van der Waals surface area contributed by atoms with Crippen molar-refractivity contribution in [2.45, 2.75) is 0 Å². The maximum absolute atomic E-state index is 8.92. The Labute approximate surface area is 786 Å². The molecular weight excluding hydrogens is 1720 g/mol. The van der Waals surface area contributed by atoms with Crippen molar-refractivity contribution in [3.05, 3.63) is 428 Å². The van der Waals surface area contributed by atoms with E-state index in [4.69, 9.17) is 52.1 Å². The van der Waals surface area contributed by atoms with Crippen molar-refractivity contribution in [3.8, 4) is 62.9 Å². The molecule has 0 aliphatic carbocycles. The number of rotatable bonds is 7. The molecule has 10 aromatic heterocycles. The maximum atomic E-state index is 8.92. The van der Waals surface area contributed by atoms with E-state index in [-0.39, 0.29) is 99.7 Å². The third-order valence-electron chi connectivity index (χ3n) is 23.6. The highest BCUT2D eigenvalue weighted by molar-refractivity contribution is 9.10. The number of benzene rings is 18. The first-order valence-electron chi connectivity index (χ1n) is 49.3. The van der Waals surface area contributed by atoms with Gasteiger partial charge >= 0.3 is 0 Å². The molecule has 0 aliphatic heterocycles. The third kappa shape index (κ3) is 13.8. The van der Waals surface area contributed by atoms with Gasteiger partial charge in [0.25, 0.3) is 0 Å². The zero-order valence-electron chi connectivity index (χ0n) is 83.3. The van der Waals surface area contributed by atoms with E-state index in [2.05, 4.69) is 215 Å². The van der Waals surface area contributed by atoms with Crippen LogP contribution >= 0.6 is 50.2 Å². The van der Waals surface area contributed by atoms with E-state index in [1.807, 2.05) is 158 Å². The summed E-state index contributed by atoms with van der Waals surface area (Å²) < 4.78 is 131. The van der Waals surface area contributed by atoms with Crippen LogP contribution < -0.4 is 0 Å². The quantitative estimate of drug-likeness (QED) is 0.145. The number of thiophene rings is 2. The molecule has 16 heteroatoms. The average Bonchev–Trinajstić information content (AvgIpc) is 1.55. The van der Waals surface area contributed by atoms with Crippen LogP contribution in [0.3, 0.4) is 0 Å². The summed E-state index contributed by atoms with van der Waals surface area (Å²) in [4.78, 5) is 39.4. The molecule has 0 unspecified atom stereocenters. The summed E-state index contributed by atoms with van der Waals surface area (Å²) in [5, 5.41) is 17.8. The number of halogens is 2. The van der Waals surface area contributed by atoms with Crippen LogP contribution in [-0.4, -0.2) is 58.6 Å². The predicted octanol–water partition coefficient (Wildman–Crippen LogP) is 31.8. The lowest BCUT2D eigenvalue weighted by molar-refractivity contribution is 0.955. The molecule has 0 atom stereocenters. The number of hydrogen-bond donors (Lipinski definition) is 3. The summed E-state index contributed by atoms with van der Waals surface area (Å²) >= 11 is 12.6. The van der Waals surface area contributed by atoms with Gasteiger partial charge in [-0.2, -0.15) is 19.9 Å². The minimum absolute atomic E-state index is 0.105. The second kappa shape index (κ2) is 32.8. The Morgan fingerprint density at radius 1 is 0.254 bits per heavy atom. The Morgan fingerprint density at radius 3 is 1.04 bits per heavy atom. The van der Waals surface area contributed by atoms with Gasteiger partial charge in [0.15, 0.2) is 23.3 Å². The van der Waals surface area contributed by atoms with Crippen LogP contribution in [0.15, 0.2) is 423 Å². The van der Waals surface area contributed by atoms with Gasteiger partial charge in [0, 0.05) is 176 Å². The Hall–Kier alpha value is -16.0. The van der Waals surface area contributed by atoms with Crippen LogP contribution in [-0.2, 0) is 0 Å². The molecule has 0 bridgehead atoms. The predicted molar refractivity (Wildman–Crippen MR) is 550 cm³/mol. The Morgan fingerprint density at radius 2 is 0.577 bits per heavy atom. The Bertz CT molecular complexity index is 10000. The molecule has 12 nitrogen and oxygen atoms in total. The highest BCUT2D eigenvalue weighted by atomic mass is 79.9. The molecule has 0 saturated carbocycles. The molecule has 0 radical (unpaired) electrons. The van der Waals surface area contributed by atoms with Gasteiger partial charge in [-0.1, -0.05) is 301 Å². The largest absolute Gasteiger partial charge is 0.354 e. The molecule has 0 fully saturated rings. The number of nitrogens with one attached hydrogen (secondary N) is 3. The first-order chi connectivity index (χ1) is 70.5. The van der Waals surface area contributed by atoms with Gasteiger partial charge in [-0.3, -0.25) is 4.57 Å². The second-order valence-electron chi connectivity index (χ2n) is 31.0. The van der Waals surface area contributed by atoms with Crippen LogP contribution in [0.5, 0.6) is 0 Å². The standard InChI is InChI=1S/C45H27N5S.C24H16N2.C21H12ClN3S.C18H12N2.C6H5Br/c1-3-14-28(15-4-1)43-46-44(34-22-13-21-33-32-20-9-12-25-41(32)51-42(33)34)48-45(47-43)50-38-24-11-8-19-31(38)36-26-39-35(27-40(36)50)30-18-7-10-23-37(30)49(39)29-16-5-2-6-17-29;1-2-8-16(9-3-1)26-23-13-7-5-11-18(23)20-14-22-19(15-24(20)26)17-10-4-6-12-21(17)25-22;22-21-24-19(13-7-2-1-3-8-13)23-20(25-21)16-11-6-10-15-14-9-4-5-12-17(14)26-18(15)16;1-3-7-15-11(5-1)13-9-18-14(10-17(13)19-15)12-6-2-4-8-16(12)20-18;7-6-4-2-1-3-5-6/h1-27H;1-15,25H;1-12H;1-10,19-20H;1-5H/i2D,5D,6D,16D,17D;1D,2D,3D,8D,9D;;;1D,2D,3D,4D,5D. The maximum Gasteiger partial charge on any atom is 0.238 e. The molecule has 130 heavy (non-hydrogen) atoms. The molecule has 0 amide bonds. The normalized spacial score (nSPS) is 13.2. The van der Waals surface area contributed by atoms with Crippen molar-refractivity contribution in [2.24, 2.45) is 0 Å². The lowest BCUT2D eigenvalue weighted by Gasteiger charge is -2.11. The monoisotopic (exact) mass is 1800 g/mol. The van der Waals surface area contributed by atoms with E-state index < -0.39 is 12.1 Å². The van der Waals surface area contributed by atoms with Crippen LogP contribution in [0.2, 0.25) is 5.28 Å². The molecule has 0 saturated heterocycles. The lowest BCUT2D eigenvalue weighted by atomic mass is 10.1.